The zero-order valence-electron chi connectivity index (χ0n) is 7.15. The van der Waals surface area contributed by atoms with Crippen molar-refractivity contribution in [1.82, 2.24) is 4.90 Å². The molecular weight excluding hydrogens is 248 g/mol. The Morgan fingerprint density at radius 1 is 1.21 bits per heavy atom. The van der Waals surface area contributed by atoms with Crippen LogP contribution in [0.2, 0.25) is 0 Å². The second kappa shape index (κ2) is 4.47. The number of imide groups is 1. The molecule has 0 bridgehead atoms. The standard InChI is InChI=1S/C7H8Cl2NO3P/c8-14(9,13)5-1-4-10-6(11)2-3-7(10)12/h2-3H,1,4-5H2. The van der Waals surface area contributed by atoms with Gasteiger partial charge in [0.1, 0.15) is 0 Å². The summed E-state index contributed by atoms with van der Waals surface area (Å²) in [5.74, 6) is -3.79. The second-order valence-corrected chi connectivity index (χ2v) is 8.19. The average molecular weight is 256 g/mol. The van der Waals surface area contributed by atoms with Crippen molar-refractivity contribution in [3.8, 4) is 0 Å². The monoisotopic (exact) mass is 255 g/mol. The molecule has 1 heterocycles. The number of carbonyl (C=O) groups excluding carboxylic acids is 2. The molecule has 0 spiro atoms. The van der Waals surface area contributed by atoms with Gasteiger partial charge in [0.25, 0.3) is 17.7 Å². The number of hydrogen-bond donors (Lipinski definition) is 0. The van der Waals surface area contributed by atoms with E-state index in [4.69, 9.17) is 22.5 Å². The van der Waals surface area contributed by atoms with Crippen molar-refractivity contribution in [3.63, 3.8) is 0 Å². The normalized spacial score (nSPS) is 16.9. The molecule has 0 unspecified atom stereocenters. The van der Waals surface area contributed by atoms with Crippen LogP contribution in [0.4, 0.5) is 0 Å². The van der Waals surface area contributed by atoms with Crippen LogP contribution in [0.3, 0.4) is 0 Å². The molecule has 0 fully saturated rings. The highest BCUT2D eigenvalue weighted by Crippen LogP contribution is 2.56. The summed E-state index contributed by atoms with van der Waals surface area (Å²) in [7, 11) is 0. The molecular formula is C7H8Cl2NO3P. The number of amides is 2. The fourth-order valence-electron chi connectivity index (χ4n) is 1.06. The van der Waals surface area contributed by atoms with E-state index in [9.17, 15) is 14.2 Å². The largest absolute Gasteiger partial charge is 0.289 e. The van der Waals surface area contributed by atoms with Crippen LogP contribution in [0, 0.1) is 0 Å². The van der Waals surface area contributed by atoms with Crippen LogP contribution in [0.1, 0.15) is 6.42 Å². The van der Waals surface area contributed by atoms with E-state index in [1.807, 2.05) is 0 Å². The van der Waals surface area contributed by atoms with Crippen molar-refractivity contribution in [2.24, 2.45) is 0 Å². The van der Waals surface area contributed by atoms with Gasteiger partial charge in [-0.05, 0) is 28.9 Å². The van der Waals surface area contributed by atoms with Gasteiger partial charge in [0.15, 0.2) is 0 Å². The first kappa shape index (κ1) is 11.8. The minimum atomic E-state index is -3.09. The number of nitrogens with zero attached hydrogens (tertiary/aromatic N) is 1. The first-order chi connectivity index (χ1) is 6.40. The van der Waals surface area contributed by atoms with E-state index < -0.39 is 5.85 Å². The molecule has 0 saturated heterocycles. The van der Waals surface area contributed by atoms with E-state index >= 15 is 0 Å². The summed E-state index contributed by atoms with van der Waals surface area (Å²) in [6.45, 7) is 0.202. The number of rotatable bonds is 4. The third-order valence-corrected chi connectivity index (χ3v) is 3.55. The van der Waals surface area contributed by atoms with Crippen LogP contribution < -0.4 is 0 Å². The highest BCUT2D eigenvalue weighted by atomic mass is 35.9. The zero-order chi connectivity index (χ0) is 10.8. The van der Waals surface area contributed by atoms with Gasteiger partial charge in [0, 0.05) is 24.9 Å². The molecule has 0 aromatic rings. The lowest BCUT2D eigenvalue weighted by Crippen LogP contribution is -2.31. The molecule has 1 rings (SSSR count). The molecule has 0 aromatic heterocycles. The second-order valence-electron chi connectivity index (χ2n) is 2.81. The van der Waals surface area contributed by atoms with Gasteiger partial charge in [0.05, 0.1) is 0 Å². The summed E-state index contributed by atoms with van der Waals surface area (Å²) in [5.41, 5.74) is 0. The fraction of sp³-hybridized carbons (Fsp3) is 0.429. The summed E-state index contributed by atoms with van der Waals surface area (Å²) in [6, 6.07) is 0. The average Bonchev–Trinajstić information content (AvgIpc) is 2.33. The number of carbonyl (C=O) groups is 2. The maximum absolute atomic E-state index is 11.0. The smallest absolute Gasteiger partial charge is 0.253 e. The predicted octanol–water partition coefficient (Wildman–Crippen LogP) is 1.97. The van der Waals surface area contributed by atoms with Gasteiger partial charge in [-0.3, -0.25) is 19.1 Å². The fourth-order valence-corrected chi connectivity index (χ4v) is 2.29. The molecule has 2 amide bonds. The Bertz CT molecular complexity index is 318. The molecule has 0 N–H and O–H groups in total. The van der Waals surface area contributed by atoms with Gasteiger partial charge in [-0.2, -0.15) is 0 Å². The Morgan fingerprint density at radius 3 is 2.14 bits per heavy atom. The Kier molecular flexibility index (Phi) is 3.76. The maximum atomic E-state index is 11.0. The number of hydrogen-bond acceptors (Lipinski definition) is 3. The molecule has 14 heavy (non-hydrogen) atoms. The Balaban J connectivity index is 2.36. The molecule has 0 aliphatic carbocycles. The molecule has 0 radical (unpaired) electrons. The molecule has 0 saturated carbocycles. The minimum absolute atomic E-state index is 0.104. The van der Waals surface area contributed by atoms with Crippen LogP contribution in [0.25, 0.3) is 0 Å². The summed E-state index contributed by atoms with van der Waals surface area (Å²) < 4.78 is 10.9. The van der Waals surface area contributed by atoms with Gasteiger partial charge in [-0.1, -0.05) is 0 Å². The lowest BCUT2D eigenvalue weighted by Gasteiger charge is -2.13. The Morgan fingerprint density at radius 2 is 1.71 bits per heavy atom. The van der Waals surface area contributed by atoms with E-state index in [0.717, 1.165) is 4.90 Å². The van der Waals surface area contributed by atoms with Crippen molar-refractivity contribution in [2.45, 2.75) is 6.42 Å². The Hall–Kier alpha value is -0.310. The zero-order valence-corrected chi connectivity index (χ0v) is 9.56. The van der Waals surface area contributed by atoms with Gasteiger partial charge >= 0.3 is 0 Å². The molecule has 1 aliphatic rings. The van der Waals surface area contributed by atoms with E-state index in [-0.39, 0.29) is 24.5 Å². The molecule has 0 atom stereocenters. The first-order valence-corrected chi connectivity index (χ1v) is 7.62. The molecule has 7 heteroatoms. The van der Waals surface area contributed by atoms with Crippen molar-refractivity contribution in [1.29, 1.82) is 0 Å². The third kappa shape index (κ3) is 3.45. The SMILES string of the molecule is O=C1C=CC(=O)N1CCCP(=O)(Cl)Cl. The molecule has 4 nitrogen and oxygen atoms in total. The summed E-state index contributed by atoms with van der Waals surface area (Å²) in [5, 5.41) is 0. The lowest BCUT2D eigenvalue weighted by molar-refractivity contribution is -0.136. The molecule has 1 aliphatic heterocycles. The molecule has 0 aromatic carbocycles. The lowest BCUT2D eigenvalue weighted by atomic mass is 10.4. The van der Waals surface area contributed by atoms with E-state index in [2.05, 4.69) is 0 Å². The van der Waals surface area contributed by atoms with E-state index in [1.54, 1.807) is 0 Å². The predicted molar refractivity (Wildman–Crippen MR) is 54.7 cm³/mol. The summed E-state index contributed by atoms with van der Waals surface area (Å²) in [6.07, 6.45) is 2.85. The van der Waals surface area contributed by atoms with Crippen molar-refractivity contribution in [2.75, 3.05) is 12.7 Å². The van der Waals surface area contributed by atoms with Crippen LogP contribution in [-0.4, -0.2) is 29.4 Å². The third-order valence-electron chi connectivity index (χ3n) is 1.70. The van der Waals surface area contributed by atoms with Crippen LogP contribution in [-0.2, 0) is 14.2 Å². The quantitative estimate of drug-likeness (QED) is 0.570. The minimum Gasteiger partial charge on any atom is -0.289 e. The Labute approximate surface area is 90.8 Å². The topological polar surface area (TPSA) is 54.5 Å². The van der Waals surface area contributed by atoms with E-state index in [1.165, 1.54) is 12.2 Å². The highest BCUT2D eigenvalue weighted by molar-refractivity contribution is 8.08. The highest BCUT2D eigenvalue weighted by Gasteiger charge is 2.23. The van der Waals surface area contributed by atoms with Crippen LogP contribution in [0.15, 0.2) is 12.2 Å². The van der Waals surface area contributed by atoms with Crippen LogP contribution >= 0.6 is 28.3 Å². The van der Waals surface area contributed by atoms with Gasteiger partial charge in [0.2, 0.25) is 0 Å². The van der Waals surface area contributed by atoms with Crippen molar-refractivity contribution >= 4 is 40.1 Å². The first-order valence-electron chi connectivity index (χ1n) is 3.92. The summed E-state index contributed by atoms with van der Waals surface area (Å²) >= 11 is 10.6. The van der Waals surface area contributed by atoms with Gasteiger partial charge in [-0.25, -0.2) is 0 Å². The van der Waals surface area contributed by atoms with Gasteiger partial charge in [-0.15, -0.1) is 0 Å². The van der Waals surface area contributed by atoms with Crippen molar-refractivity contribution in [3.05, 3.63) is 12.2 Å². The summed E-state index contributed by atoms with van der Waals surface area (Å²) in [4.78, 5) is 23.1. The molecule has 78 valence electrons. The van der Waals surface area contributed by atoms with Crippen molar-refractivity contribution < 1.29 is 14.2 Å². The number of halogens is 2. The van der Waals surface area contributed by atoms with Gasteiger partial charge < -0.3 is 0 Å². The van der Waals surface area contributed by atoms with Crippen LogP contribution in [0.5, 0.6) is 0 Å². The maximum Gasteiger partial charge on any atom is 0.253 e. The van der Waals surface area contributed by atoms with E-state index in [0.29, 0.717) is 6.42 Å².